The molecule has 2 rings (SSSR count). The van der Waals surface area contributed by atoms with E-state index in [0.717, 1.165) is 19.9 Å². The van der Waals surface area contributed by atoms with Crippen LogP contribution in [0.25, 0.3) is 10.1 Å². The van der Waals surface area contributed by atoms with Crippen LogP contribution >= 0.6 is 24.0 Å². The molecule has 0 aliphatic heterocycles. The van der Waals surface area contributed by atoms with Crippen molar-refractivity contribution >= 4 is 39.7 Å². The van der Waals surface area contributed by atoms with E-state index >= 15 is 0 Å². The standard InChI is InChI=1S/C10H8N2S2/c11-2-1-6-4-9-7(3-8(6)12)5-10(13)14-9/h3-5,13H,1,12H2. The summed E-state index contributed by atoms with van der Waals surface area (Å²) >= 11 is 5.88. The molecular weight excluding hydrogens is 212 g/mol. The first-order valence-electron chi connectivity index (χ1n) is 4.08. The molecular formula is C10H8N2S2. The van der Waals surface area contributed by atoms with Crippen molar-refractivity contribution in [2.75, 3.05) is 5.73 Å². The van der Waals surface area contributed by atoms with E-state index in [4.69, 9.17) is 11.0 Å². The maximum Gasteiger partial charge on any atom is 0.0670 e. The molecule has 0 saturated heterocycles. The monoisotopic (exact) mass is 220 g/mol. The second kappa shape index (κ2) is 3.52. The number of thiol groups is 1. The first-order valence-corrected chi connectivity index (χ1v) is 5.35. The van der Waals surface area contributed by atoms with E-state index in [1.807, 2.05) is 18.2 Å². The Labute approximate surface area is 91.4 Å². The zero-order valence-electron chi connectivity index (χ0n) is 7.32. The molecule has 4 heteroatoms. The van der Waals surface area contributed by atoms with Crippen molar-refractivity contribution in [3.63, 3.8) is 0 Å². The summed E-state index contributed by atoms with van der Waals surface area (Å²) in [7, 11) is 0. The number of nitrogen functional groups attached to an aromatic ring is 1. The lowest BCUT2D eigenvalue weighted by atomic mass is 10.1. The molecule has 0 unspecified atom stereocenters. The lowest BCUT2D eigenvalue weighted by Crippen LogP contribution is -1.92. The van der Waals surface area contributed by atoms with Crippen LogP contribution in [-0.4, -0.2) is 0 Å². The number of thiophene rings is 1. The molecule has 2 N–H and O–H groups in total. The molecule has 2 nitrogen and oxygen atoms in total. The number of rotatable bonds is 1. The first kappa shape index (κ1) is 9.38. The fourth-order valence-electron chi connectivity index (χ4n) is 1.37. The molecule has 0 amide bonds. The van der Waals surface area contributed by atoms with Crippen LogP contribution in [0.4, 0.5) is 5.69 Å². The summed E-state index contributed by atoms with van der Waals surface area (Å²) in [6, 6.07) is 7.96. The second-order valence-corrected chi connectivity index (χ2v) is 4.88. The van der Waals surface area contributed by atoms with Gasteiger partial charge in [0.15, 0.2) is 0 Å². The van der Waals surface area contributed by atoms with Crippen LogP contribution in [0.15, 0.2) is 22.4 Å². The van der Waals surface area contributed by atoms with E-state index in [1.165, 1.54) is 0 Å². The summed E-state index contributed by atoms with van der Waals surface area (Å²) in [6.07, 6.45) is 0.363. The Morgan fingerprint density at radius 1 is 1.43 bits per heavy atom. The van der Waals surface area contributed by atoms with Crippen molar-refractivity contribution in [1.82, 2.24) is 0 Å². The number of nitrogens with two attached hydrogens (primary N) is 1. The summed E-state index contributed by atoms with van der Waals surface area (Å²) in [6.45, 7) is 0. The lowest BCUT2D eigenvalue weighted by Gasteiger charge is -2.00. The van der Waals surface area contributed by atoms with Gasteiger partial charge in [0.25, 0.3) is 0 Å². The maximum atomic E-state index is 8.60. The van der Waals surface area contributed by atoms with Crippen molar-refractivity contribution in [2.45, 2.75) is 10.6 Å². The Bertz CT molecular complexity index is 523. The zero-order valence-corrected chi connectivity index (χ0v) is 9.03. The maximum absolute atomic E-state index is 8.60. The molecule has 1 heterocycles. The predicted octanol–water partition coefficient (Wildman–Crippen LogP) is 2.84. The first-order chi connectivity index (χ1) is 6.70. The van der Waals surface area contributed by atoms with Crippen LogP contribution in [0.5, 0.6) is 0 Å². The van der Waals surface area contributed by atoms with Gasteiger partial charge in [0.2, 0.25) is 0 Å². The lowest BCUT2D eigenvalue weighted by molar-refractivity contribution is 1.28. The van der Waals surface area contributed by atoms with E-state index in [0.29, 0.717) is 12.1 Å². The van der Waals surface area contributed by atoms with E-state index in [2.05, 4.69) is 18.7 Å². The molecule has 2 aromatic rings. The van der Waals surface area contributed by atoms with Crippen LogP contribution < -0.4 is 5.73 Å². The van der Waals surface area contributed by atoms with Gasteiger partial charge in [0.05, 0.1) is 16.7 Å². The van der Waals surface area contributed by atoms with Gasteiger partial charge in [0.1, 0.15) is 0 Å². The minimum atomic E-state index is 0.363. The summed E-state index contributed by atoms with van der Waals surface area (Å²) in [5, 5.41) is 9.70. The highest BCUT2D eigenvalue weighted by molar-refractivity contribution is 7.83. The second-order valence-electron chi connectivity index (χ2n) is 3.01. The van der Waals surface area contributed by atoms with Gasteiger partial charge in [-0.25, -0.2) is 0 Å². The normalized spacial score (nSPS) is 10.3. The number of hydrogen-bond donors (Lipinski definition) is 2. The van der Waals surface area contributed by atoms with Crippen molar-refractivity contribution in [2.24, 2.45) is 0 Å². The van der Waals surface area contributed by atoms with Gasteiger partial charge in [-0.05, 0) is 29.1 Å². The average molecular weight is 220 g/mol. The molecule has 0 bridgehead atoms. The third kappa shape index (κ3) is 1.57. The Morgan fingerprint density at radius 2 is 2.21 bits per heavy atom. The van der Waals surface area contributed by atoms with Crippen molar-refractivity contribution in [3.05, 3.63) is 23.8 Å². The number of benzene rings is 1. The summed E-state index contributed by atoms with van der Waals surface area (Å²) in [5.41, 5.74) is 7.39. The summed E-state index contributed by atoms with van der Waals surface area (Å²) in [4.78, 5) is 0. The molecule has 0 aliphatic carbocycles. The van der Waals surface area contributed by atoms with Crippen molar-refractivity contribution in [1.29, 1.82) is 5.26 Å². The smallest absolute Gasteiger partial charge is 0.0670 e. The highest BCUT2D eigenvalue weighted by Crippen LogP contribution is 2.31. The quantitative estimate of drug-likeness (QED) is 0.573. The fraction of sp³-hybridized carbons (Fsp3) is 0.100. The zero-order chi connectivity index (χ0) is 10.1. The molecule has 14 heavy (non-hydrogen) atoms. The van der Waals surface area contributed by atoms with Crippen LogP contribution in [0.3, 0.4) is 0 Å². The molecule has 0 saturated carbocycles. The molecule has 0 atom stereocenters. The highest BCUT2D eigenvalue weighted by atomic mass is 32.2. The van der Waals surface area contributed by atoms with Gasteiger partial charge >= 0.3 is 0 Å². The predicted molar refractivity (Wildman–Crippen MR) is 62.8 cm³/mol. The molecule has 0 spiro atoms. The van der Waals surface area contributed by atoms with E-state index in [-0.39, 0.29) is 0 Å². The van der Waals surface area contributed by atoms with Gasteiger partial charge < -0.3 is 5.73 Å². The molecule has 1 aromatic heterocycles. The highest BCUT2D eigenvalue weighted by Gasteiger charge is 2.04. The van der Waals surface area contributed by atoms with Crippen LogP contribution in [0.1, 0.15) is 5.56 Å². The van der Waals surface area contributed by atoms with E-state index in [9.17, 15) is 0 Å². The number of nitrogens with zero attached hydrogens (tertiary/aromatic N) is 1. The topological polar surface area (TPSA) is 49.8 Å². The Hall–Kier alpha value is -1.18. The van der Waals surface area contributed by atoms with Crippen molar-refractivity contribution in [3.8, 4) is 6.07 Å². The summed E-state index contributed by atoms with van der Waals surface area (Å²) in [5.74, 6) is 0. The number of hydrogen-bond acceptors (Lipinski definition) is 4. The Balaban J connectivity index is 2.65. The van der Waals surface area contributed by atoms with Gasteiger partial charge in [-0.15, -0.1) is 24.0 Å². The van der Waals surface area contributed by atoms with Gasteiger partial charge in [0, 0.05) is 10.4 Å². The SMILES string of the molecule is N#CCc1cc2sc(S)cc2cc1N. The van der Waals surface area contributed by atoms with Gasteiger partial charge in [-0.2, -0.15) is 5.26 Å². The number of fused-ring (bicyclic) bond motifs is 1. The molecule has 0 fully saturated rings. The van der Waals surface area contributed by atoms with E-state index < -0.39 is 0 Å². The van der Waals surface area contributed by atoms with Gasteiger partial charge in [-0.1, -0.05) is 0 Å². The largest absolute Gasteiger partial charge is 0.398 e. The molecule has 0 radical (unpaired) electrons. The van der Waals surface area contributed by atoms with Gasteiger partial charge in [-0.3, -0.25) is 0 Å². The van der Waals surface area contributed by atoms with E-state index in [1.54, 1.807) is 11.3 Å². The third-order valence-corrected chi connectivity index (χ3v) is 3.34. The Kier molecular flexibility index (Phi) is 2.36. The summed E-state index contributed by atoms with van der Waals surface area (Å²) < 4.78 is 2.10. The molecule has 0 aliphatic rings. The van der Waals surface area contributed by atoms with Crippen LogP contribution in [0, 0.1) is 11.3 Å². The van der Waals surface area contributed by atoms with Crippen LogP contribution in [-0.2, 0) is 6.42 Å². The number of nitriles is 1. The Morgan fingerprint density at radius 3 is 2.93 bits per heavy atom. The van der Waals surface area contributed by atoms with Crippen molar-refractivity contribution < 1.29 is 0 Å². The molecule has 70 valence electrons. The third-order valence-electron chi connectivity index (χ3n) is 2.03. The fourth-order valence-corrected chi connectivity index (χ4v) is 2.65. The van der Waals surface area contributed by atoms with Crippen LogP contribution in [0.2, 0.25) is 0 Å². The molecule has 1 aromatic carbocycles. The minimum Gasteiger partial charge on any atom is -0.398 e. The number of anilines is 1. The minimum absolute atomic E-state index is 0.363. The average Bonchev–Trinajstić information content (AvgIpc) is 2.45.